The van der Waals surface area contributed by atoms with Crippen LogP contribution in [0.25, 0.3) is 0 Å². The highest BCUT2D eigenvalue weighted by Crippen LogP contribution is 2.32. The van der Waals surface area contributed by atoms with Crippen molar-refractivity contribution in [2.24, 2.45) is 5.92 Å². The fourth-order valence-corrected chi connectivity index (χ4v) is 2.65. The van der Waals surface area contributed by atoms with Gasteiger partial charge < -0.3 is 10.1 Å². The number of nitrogens with one attached hydrogen (secondary N) is 1. The summed E-state index contributed by atoms with van der Waals surface area (Å²) in [7, 11) is 2.07. The van der Waals surface area contributed by atoms with Crippen LogP contribution in [0.5, 0.6) is 0 Å². The maximum Gasteiger partial charge on any atom is 0.0912 e. The van der Waals surface area contributed by atoms with Gasteiger partial charge in [-0.3, -0.25) is 0 Å². The molecule has 0 aromatic heterocycles. The minimum atomic E-state index is 0.588. The summed E-state index contributed by atoms with van der Waals surface area (Å²) in [5.41, 5.74) is 1.48. The molecular weight excluding hydrogens is 162 g/mol. The SMILES string of the molecule is CNC(C1=COCC1)C1CCCC1. The van der Waals surface area contributed by atoms with Crippen molar-refractivity contribution < 1.29 is 4.74 Å². The van der Waals surface area contributed by atoms with Crippen LogP contribution < -0.4 is 5.32 Å². The van der Waals surface area contributed by atoms with E-state index in [4.69, 9.17) is 4.74 Å². The van der Waals surface area contributed by atoms with Gasteiger partial charge in [-0.1, -0.05) is 12.8 Å². The van der Waals surface area contributed by atoms with E-state index in [0.717, 1.165) is 18.9 Å². The second kappa shape index (κ2) is 4.14. The molecule has 1 atom stereocenters. The van der Waals surface area contributed by atoms with Crippen LogP contribution in [0.2, 0.25) is 0 Å². The van der Waals surface area contributed by atoms with Crippen molar-refractivity contribution in [3.63, 3.8) is 0 Å². The van der Waals surface area contributed by atoms with Gasteiger partial charge in [-0.05, 0) is 31.4 Å². The second-order valence-corrected chi connectivity index (χ2v) is 4.12. The van der Waals surface area contributed by atoms with Gasteiger partial charge in [-0.2, -0.15) is 0 Å². The van der Waals surface area contributed by atoms with E-state index in [-0.39, 0.29) is 0 Å². The summed E-state index contributed by atoms with van der Waals surface area (Å²) >= 11 is 0. The average Bonchev–Trinajstić information content (AvgIpc) is 2.76. The minimum Gasteiger partial charge on any atom is -0.501 e. The zero-order valence-corrected chi connectivity index (χ0v) is 8.38. The summed E-state index contributed by atoms with van der Waals surface area (Å²) in [4.78, 5) is 0. The van der Waals surface area contributed by atoms with E-state index in [1.54, 1.807) is 0 Å². The summed E-state index contributed by atoms with van der Waals surface area (Å²) in [6.07, 6.45) is 8.71. The molecule has 0 spiro atoms. The molecule has 1 N–H and O–H groups in total. The van der Waals surface area contributed by atoms with E-state index in [1.807, 2.05) is 6.26 Å². The third-order valence-corrected chi connectivity index (χ3v) is 3.33. The Morgan fingerprint density at radius 3 is 2.77 bits per heavy atom. The molecule has 1 aliphatic carbocycles. The van der Waals surface area contributed by atoms with Crippen LogP contribution in [0, 0.1) is 5.92 Å². The lowest BCUT2D eigenvalue weighted by Crippen LogP contribution is -2.33. The molecule has 1 fully saturated rings. The summed E-state index contributed by atoms with van der Waals surface area (Å²) < 4.78 is 5.30. The van der Waals surface area contributed by atoms with Crippen molar-refractivity contribution >= 4 is 0 Å². The van der Waals surface area contributed by atoms with Crippen LogP contribution in [0.1, 0.15) is 32.1 Å². The molecule has 0 aromatic rings. The Bertz CT molecular complexity index is 194. The molecule has 1 aliphatic heterocycles. The third kappa shape index (κ3) is 1.88. The largest absolute Gasteiger partial charge is 0.501 e. The number of likely N-dealkylation sites (N-methyl/N-ethyl adjacent to an activating group) is 1. The van der Waals surface area contributed by atoms with Crippen LogP contribution in [-0.4, -0.2) is 19.7 Å². The quantitative estimate of drug-likeness (QED) is 0.719. The Balaban J connectivity index is 1.98. The lowest BCUT2D eigenvalue weighted by Gasteiger charge is -2.23. The van der Waals surface area contributed by atoms with E-state index in [0.29, 0.717) is 6.04 Å². The molecule has 2 heteroatoms. The molecule has 2 aliphatic rings. The van der Waals surface area contributed by atoms with Crippen LogP contribution in [0.3, 0.4) is 0 Å². The van der Waals surface area contributed by atoms with Gasteiger partial charge in [0.25, 0.3) is 0 Å². The van der Waals surface area contributed by atoms with Crippen molar-refractivity contribution in [3.8, 4) is 0 Å². The van der Waals surface area contributed by atoms with Gasteiger partial charge in [0.05, 0.1) is 12.9 Å². The fraction of sp³-hybridized carbons (Fsp3) is 0.818. The Hall–Kier alpha value is -0.500. The maximum atomic E-state index is 5.30. The summed E-state index contributed by atoms with van der Waals surface area (Å²) in [5.74, 6) is 0.859. The molecule has 2 rings (SSSR count). The topological polar surface area (TPSA) is 21.3 Å². The number of hydrogen-bond donors (Lipinski definition) is 1. The molecule has 1 unspecified atom stereocenters. The first-order chi connectivity index (χ1) is 6.42. The lowest BCUT2D eigenvalue weighted by molar-refractivity contribution is 0.281. The average molecular weight is 181 g/mol. The number of ether oxygens (including phenoxy) is 1. The zero-order valence-electron chi connectivity index (χ0n) is 8.38. The van der Waals surface area contributed by atoms with Gasteiger partial charge in [-0.15, -0.1) is 0 Å². The van der Waals surface area contributed by atoms with Gasteiger partial charge in [0.15, 0.2) is 0 Å². The fourth-order valence-electron chi connectivity index (χ4n) is 2.65. The Kier molecular flexibility index (Phi) is 2.89. The summed E-state index contributed by atoms with van der Waals surface area (Å²) in [5, 5.41) is 3.44. The van der Waals surface area contributed by atoms with Crippen LogP contribution in [0.15, 0.2) is 11.8 Å². The predicted molar refractivity (Wildman–Crippen MR) is 53.5 cm³/mol. The Labute approximate surface area is 80.4 Å². The number of rotatable bonds is 3. The maximum absolute atomic E-state index is 5.30. The van der Waals surface area contributed by atoms with Crippen molar-refractivity contribution in [1.29, 1.82) is 0 Å². The molecule has 0 saturated heterocycles. The van der Waals surface area contributed by atoms with E-state index in [2.05, 4.69) is 12.4 Å². The Morgan fingerprint density at radius 1 is 1.46 bits per heavy atom. The highest BCUT2D eigenvalue weighted by atomic mass is 16.5. The monoisotopic (exact) mass is 181 g/mol. The highest BCUT2D eigenvalue weighted by molar-refractivity contribution is 5.13. The molecule has 0 amide bonds. The molecule has 1 saturated carbocycles. The van der Waals surface area contributed by atoms with Gasteiger partial charge >= 0.3 is 0 Å². The van der Waals surface area contributed by atoms with E-state index in [9.17, 15) is 0 Å². The van der Waals surface area contributed by atoms with E-state index < -0.39 is 0 Å². The zero-order chi connectivity index (χ0) is 9.10. The van der Waals surface area contributed by atoms with E-state index >= 15 is 0 Å². The van der Waals surface area contributed by atoms with Crippen molar-refractivity contribution in [3.05, 3.63) is 11.8 Å². The highest BCUT2D eigenvalue weighted by Gasteiger charge is 2.27. The first-order valence-corrected chi connectivity index (χ1v) is 5.39. The molecule has 2 nitrogen and oxygen atoms in total. The first-order valence-electron chi connectivity index (χ1n) is 5.39. The van der Waals surface area contributed by atoms with Gasteiger partial charge in [-0.25, -0.2) is 0 Å². The van der Waals surface area contributed by atoms with E-state index in [1.165, 1.54) is 31.3 Å². The Morgan fingerprint density at radius 2 is 2.23 bits per heavy atom. The molecule has 13 heavy (non-hydrogen) atoms. The third-order valence-electron chi connectivity index (χ3n) is 3.33. The standard InChI is InChI=1S/C11H19NO/c1-12-11(9-4-2-3-5-9)10-6-7-13-8-10/h8-9,11-12H,2-7H2,1H3. The summed E-state index contributed by atoms with van der Waals surface area (Å²) in [6, 6.07) is 0.588. The van der Waals surface area contributed by atoms with Gasteiger partial charge in [0, 0.05) is 12.5 Å². The molecule has 0 radical (unpaired) electrons. The van der Waals surface area contributed by atoms with Gasteiger partial charge in [0.2, 0.25) is 0 Å². The summed E-state index contributed by atoms with van der Waals surface area (Å²) in [6.45, 7) is 0.889. The normalized spacial score (nSPS) is 25.8. The van der Waals surface area contributed by atoms with Crippen molar-refractivity contribution in [1.82, 2.24) is 5.32 Å². The predicted octanol–water partition coefficient (Wildman–Crippen LogP) is 2.07. The van der Waals surface area contributed by atoms with Gasteiger partial charge in [0.1, 0.15) is 0 Å². The molecule has 74 valence electrons. The minimum absolute atomic E-state index is 0.588. The van der Waals surface area contributed by atoms with Crippen LogP contribution in [0.4, 0.5) is 0 Å². The molecule has 0 aromatic carbocycles. The molecule has 1 heterocycles. The van der Waals surface area contributed by atoms with Crippen LogP contribution >= 0.6 is 0 Å². The number of hydrogen-bond acceptors (Lipinski definition) is 2. The van der Waals surface area contributed by atoms with Crippen molar-refractivity contribution in [2.75, 3.05) is 13.7 Å². The molecular formula is C11H19NO. The molecule has 0 bridgehead atoms. The van der Waals surface area contributed by atoms with Crippen LogP contribution in [-0.2, 0) is 4.74 Å². The smallest absolute Gasteiger partial charge is 0.0912 e. The van der Waals surface area contributed by atoms with Crippen molar-refractivity contribution in [2.45, 2.75) is 38.1 Å². The second-order valence-electron chi connectivity index (χ2n) is 4.12. The lowest BCUT2D eigenvalue weighted by atomic mass is 9.91. The first kappa shape index (κ1) is 9.07.